The normalized spacial score (nSPS) is 11.4. The summed E-state index contributed by atoms with van der Waals surface area (Å²) in [5.74, 6) is -1.09. The second-order valence-corrected chi connectivity index (χ2v) is 5.18. The van der Waals surface area contributed by atoms with Crippen molar-refractivity contribution < 1.29 is 14.3 Å². The summed E-state index contributed by atoms with van der Waals surface area (Å²) in [6.07, 6.45) is -0.751. The van der Waals surface area contributed by atoms with Crippen LogP contribution in [-0.2, 0) is 9.53 Å². The predicted molar refractivity (Wildman–Crippen MR) is 79.2 cm³/mol. The fraction of sp³-hybridized carbons (Fsp3) is 0.357. The lowest BCUT2D eigenvalue weighted by molar-refractivity contribution is -0.138. The molecule has 0 radical (unpaired) electrons. The van der Waals surface area contributed by atoms with Crippen LogP contribution in [0.5, 0.6) is 0 Å². The van der Waals surface area contributed by atoms with Gasteiger partial charge in [0.15, 0.2) is 6.10 Å². The van der Waals surface area contributed by atoms with Gasteiger partial charge in [-0.15, -0.1) is 0 Å². The lowest BCUT2D eigenvalue weighted by atomic mass is 10.2. The van der Waals surface area contributed by atoms with Gasteiger partial charge in [-0.3, -0.25) is 4.79 Å². The van der Waals surface area contributed by atoms with Crippen LogP contribution in [0.2, 0.25) is 10.0 Å². The molecule has 0 aromatic heterocycles. The van der Waals surface area contributed by atoms with Gasteiger partial charge in [0.25, 0.3) is 5.91 Å². The molecule has 112 valence electrons. The summed E-state index contributed by atoms with van der Waals surface area (Å²) in [6, 6.07) is 6.31. The lowest BCUT2D eigenvalue weighted by Crippen LogP contribution is -2.37. The van der Waals surface area contributed by atoms with E-state index in [9.17, 15) is 9.59 Å². The van der Waals surface area contributed by atoms with E-state index in [0.29, 0.717) is 5.02 Å². The van der Waals surface area contributed by atoms with E-state index in [-0.39, 0.29) is 29.5 Å². The minimum atomic E-state index is -0.965. The van der Waals surface area contributed by atoms with Gasteiger partial charge in [-0.2, -0.15) is 5.26 Å². The third-order valence-corrected chi connectivity index (χ3v) is 3.27. The molecule has 21 heavy (non-hydrogen) atoms. The molecule has 7 heteroatoms. The number of hydrogen-bond donors (Lipinski definition) is 0. The maximum Gasteiger partial charge on any atom is 0.340 e. The molecular formula is C14H14Cl2N2O3. The summed E-state index contributed by atoms with van der Waals surface area (Å²) in [7, 11) is 1.54. The Hall–Kier alpha value is -1.77. The minimum absolute atomic E-state index is 0.139. The quantitative estimate of drug-likeness (QED) is 0.779. The molecule has 1 aromatic carbocycles. The molecule has 5 nitrogen and oxygen atoms in total. The second-order valence-electron chi connectivity index (χ2n) is 4.34. The van der Waals surface area contributed by atoms with Crippen molar-refractivity contribution >= 4 is 35.1 Å². The summed E-state index contributed by atoms with van der Waals surface area (Å²) < 4.78 is 5.08. The van der Waals surface area contributed by atoms with Gasteiger partial charge in [0.05, 0.1) is 23.1 Å². The number of hydrogen-bond acceptors (Lipinski definition) is 4. The Labute approximate surface area is 133 Å². The Morgan fingerprint density at radius 3 is 2.67 bits per heavy atom. The largest absolute Gasteiger partial charge is 0.449 e. The Kier molecular flexibility index (Phi) is 6.47. The van der Waals surface area contributed by atoms with Gasteiger partial charge < -0.3 is 9.64 Å². The van der Waals surface area contributed by atoms with Crippen molar-refractivity contribution in [2.24, 2.45) is 0 Å². The van der Waals surface area contributed by atoms with Crippen molar-refractivity contribution in [3.8, 4) is 6.07 Å². The Morgan fingerprint density at radius 1 is 1.43 bits per heavy atom. The highest BCUT2D eigenvalue weighted by molar-refractivity contribution is 6.36. The number of carbonyl (C=O) groups excluding carboxylic acids is 2. The Morgan fingerprint density at radius 2 is 2.10 bits per heavy atom. The molecule has 1 atom stereocenters. The van der Waals surface area contributed by atoms with Crippen LogP contribution in [0.15, 0.2) is 18.2 Å². The third-order valence-electron chi connectivity index (χ3n) is 2.72. The molecule has 0 fully saturated rings. The van der Waals surface area contributed by atoms with Crippen LogP contribution in [0.1, 0.15) is 23.7 Å². The Balaban J connectivity index is 2.69. The van der Waals surface area contributed by atoms with Crippen molar-refractivity contribution in [3.63, 3.8) is 0 Å². The van der Waals surface area contributed by atoms with Gasteiger partial charge in [0.1, 0.15) is 0 Å². The number of nitrogens with zero attached hydrogens (tertiary/aromatic N) is 2. The maximum absolute atomic E-state index is 12.0. The molecule has 0 bridgehead atoms. The zero-order valence-electron chi connectivity index (χ0n) is 11.6. The number of halogens is 2. The highest BCUT2D eigenvalue weighted by atomic mass is 35.5. The first-order chi connectivity index (χ1) is 9.86. The van der Waals surface area contributed by atoms with Crippen molar-refractivity contribution in [1.82, 2.24) is 4.90 Å². The summed E-state index contributed by atoms with van der Waals surface area (Å²) in [5, 5.41) is 9.04. The highest BCUT2D eigenvalue weighted by Gasteiger charge is 2.23. The fourth-order valence-corrected chi connectivity index (χ4v) is 2.05. The topological polar surface area (TPSA) is 70.4 Å². The number of amides is 1. The van der Waals surface area contributed by atoms with Crippen molar-refractivity contribution in [2.45, 2.75) is 19.4 Å². The molecule has 0 N–H and O–H groups in total. The molecule has 1 rings (SSSR count). The molecule has 0 aliphatic heterocycles. The molecule has 0 heterocycles. The van der Waals surface area contributed by atoms with Crippen LogP contribution >= 0.6 is 23.2 Å². The summed E-state index contributed by atoms with van der Waals surface area (Å²) in [5.41, 5.74) is 0.139. The van der Waals surface area contributed by atoms with Crippen LogP contribution in [0.3, 0.4) is 0 Å². The van der Waals surface area contributed by atoms with Crippen LogP contribution < -0.4 is 0 Å². The standard InChI is InChI=1S/C14H14Cl2N2O3/c1-9(13(19)18(2)7-3-6-17)21-14(20)11-5-4-10(15)8-12(11)16/h4-5,8-9H,3,7H2,1-2H3/t9-/m1/s1. The first kappa shape index (κ1) is 17.3. The molecule has 0 saturated carbocycles. The van der Waals surface area contributed by atoms with Gasteiger partial charge in [0.2, 0.25) is 0 Å². The highest BCUT2D eigenvalue weighted by Crippen LogP contribution is 2.22. The number of carbonyl (C=O) groups is 2. The fourth-order valence-electron chi connectivity index (χ4n) is 1.57. The number of benzene rings is 1. The van der Waals surface area contributed by atoms with E-state index < -0.39 is 12.1 Å². The van der Waals surface area contributed by atoms with E-state index in [1.54, 1.807) is 7.05 Å². The van der Waals surface area contributed by atoms with E-state index in [0.717, 1.165) is 0 Å². The molecule has 0 aliphatic carbocycles. The number of rotatable bonds is 5. The zero-order valence-corrected chi connectivity index (χ0v) is 13.1. The monoisotopic (exact) mass is 328 g/mol. The number of nitriles is 1. The SMILES string of the molecule is C[C@@H](OC(=O)c1ccc(Cl)cc1Cl)C(=O)N(C)CCC#N. The van der Waals surface area contributed by atoms with Crippen molar-refractivity contribution in [3.05, 3.63) is 33.8 Å². The van der Waals surface area contributed by atoms with Crippen LogP contribution in [-0.4, -0.2) is 36.5 Å². The zero-order chi connectivity index (χ0) is 16.0. The van der Waals surface area contributed by atoms with E-state index in [1.807, 2.05) is 6.07 Å². The molecule has 1 amide bonds. The van der Waals surface area contributed by atoms with Crippen LogP contribution in [0.25, 0.3) is 0 Å². The number of esters is 1. The minimum Gasteiger partial charge on any atom is -0.449 e. The van der Waals surface area contributed by atoms with Crippen molar-refractivity contribution in [1.29, 1.82) is 5.26 Å². The van der Waals surface area contributed by atoms with E-state index in [1.165, 1.54) is 30.0 Å². The average molecular weight is 329 g/mol. The van der Waals surface area contributed by atoms with Crippen LogP contribution in [0.4, 0.5) is 0 Å². The maximum atomic E-state index is 12.0. The number of likely N-dealkylation sites (N-methyl/N-ethyl adjacent to an activating group) is 1. The van der Waals surface area contributed by atoms with Gasteiger partial charge in [-0.25, -0.2) is 4.79 Å². The summed E-state index contributed by atoms with van der Waals surface area (Å²) in [6.45, 7) is 1.74. The third kappa shape index (κ3) is 4.92. The molecular weight excluding hydrogens is 315 g/mol. The van der Waals surface area contributed by atoms with Gasteiger partial charge in [0, 0.05) is 18.6 Å². The molecule has 0 saturated heterocycles. The predicted octanol–water partition coefficient (Wildman–Crippen LogP) is 2.91. The summed E-state index contributed by atoms with van der Waals surface area (Å²) in [4.78, 5) is 25.2. The smallest absolute Gasteiger partial charge is 0.340 e. The average Bonchev–Trinajstić information content (AvgIpc) is 2.43. The lowest BCUT2D eigenvalue weighted by Gasteiger charge is -2.20. The van der Waals surface area contributed by atoms with E-state index >= 15 is 0 Å². The van der Waals surface area contributed by atoms with Crippen LogP contribution in [0, 0.1) is 11.3 Å². The van der Waals surface area contributed by atoms with Gasteiger partial charge in [-0.05, 0) is 25.1 Å². The van der Waals surface area contributed by atoms with E-state index in [4.69, 9.17) is 33.2 Å². The van der Waals surface area contributed by atoms with Gasteiger partial charge in [-0.1, -0.05) is 23.2 Å². The molecule has 0 unspecified atom stereocenters. The molecule has 0 aliphatic rings. The number of ether oxygens (including phenoxy) is 1. The van der Waals surface area contributed by atoms with E-state index in [2.05, 4.69) is 0 Å². The summed E-state index contributed by atoms with van der Waals surface area (Å²) >= 11 is 11.6. The molecule has 0 spiro atoms. The van der Waals surface area contributed by atoms with Crippen molar-refractivity contribution in [2.75, 3.05) is 13.6 Å². The Bertz CT molecular complexity index is 584. The molecule has 1 aromatic rings. The first-order valence-corrected chi connectivity index (χ1v) is 6.90. The first-order valence-electron chi connectivity index (χ1n) is 6.14. The second kappa shape index (κ2) is 7.87. The van der Waals surface area contributed by atoms with Gasteiger partial charge >= 0.3 is 5.97 Å².